The van der Waals surface area contributed by atoms with E-state index in [0.29, 0.717) is 0 Å². The van der Waals surface area contributed by atoms with Gasteiger partial charge < -0.3 is 0 Å². The van der Waals surface area contributed by atoms with Gasteiger partial charge in [-0.15, -0.1) is 0 Å². The third-order valence-electron chi connectivity index (χ3n) is 0. The molecule has 0 aromatic rings. The Hall–Kier alpha value is 3.01. The molecule has 0 radical (unpaired) electrons. The summed E-state index contributed by atoms with van der Waals surface area (Å²) >= 11 is 0. The van der Waals surface area contributed by atoms with E-state index in [1.807, 2.05) is 0 Å². The molecule has 0 aliphatic carbocycles. The van der Waals surface area contributed by atoms with Crippen LogP contribution in [0.5, 0.6) is 0 Å². The molecule has 0 unspecified atom stereocenters. The summed E-state index contributed by atoms with van der Waals surface area (Å²) in [5.74, 6) is 0. The molecule has 0 rings (SSSR count). The van der Waals surface area contributed by atoms with Crippen molar-refractivity contribution < 1.29 is 0 Å². The van der Waals surface area contributed by atoms with Crippen LogP contribution in [-0.2, 0) is 0 Å². The topological polar surface area (TPSA) is 0 Å². The zero-order valence-corrected chi connectivity index (χ0v) is 16.9. The molecule has 0 aliphatic heterocycles. The Balaban J connectivity index is 0. The van der Waals surface area contributed by atoms with E-state index < -0.39 is 0 Å². The predicted octanol–water partition coefficient (Wildman–Crippen LogP) is -4.20. The van der Waals surface area contributed by atoms with Crippen LogP contribution in [0, 0.1) is 0 Å². The van der Waals surface area contributed by atoms with Gasteiger partial charge in [0.2, 0.25) is 0 Å². The van der Waals surface area contributed by atoms with Gasteiger partial charge in [-0.3, -0.25) is 0 Å². The first kappa shape index (κ1) is 27.9. The number of hydrogen-bond acceptors (Lipinski definition) is 0. The second-order valence-corrected chi connectivity index (χ2v) is 0. The van der Waals surface area contributed by atoms with Crippen molar-refractivity contribution in [2.45, 2.75) is 0 Å². The third kappa shape index (κ3) is 8.89. The van der Waals surface area contributed by atoms with Crippen molar-refractivity contribution >= 4 is 91.4 Å². The van der Waals surface area contributed by atoms with Gasteiger partial charge in [0.1, 0.15) is 0 Å². The summed E-state index contributed by atoms with van der Waals surface area (Å²) in [5, 5.41) is 0. The third-order valence-corrected chi connectivity index (χ3v) is 0. The molecule has 0 aromatic carbocycles. The van der Waals surface area contributed by atoms with Crippen LogP contribution >= 0.6 is 0 Å². The minimum atomic E-state index is 0. The van der Waals surface area contributed by atoms with Crippen LogP contribution in [-0.4, -0.2) is 91.4 Å². The van der Waals surface area contributed by atoms with E-state index in [0.717, 1.165) is 0 Å². The zero-order chi connectivity index (χ0) is 0. The van der Waals surface area contributed by atoms with Gasteiger partial charge in [0.05, 0.1) is 0 Å². The van der Waals surface area contributed by atoms with Gasteiger partial charge in [-0.05, 0) is 0 Å². The van der Waals surface area contributed by atoms with Crippen molar-refractivity contribution in [3.8, 4) is 0 Å². The Morgan fingerprint density at radius 2 is 1.00 bits per heavy atom. The standard InChI is InChI=1S/Bi.Sb.H2Se.H2Te.6H/h;;2*1H2;;;;;;. The zero-order valence-electron chi connectivity index (χ0n) is 2.41. The van der Waals surface area contributed by atoms with Crippen molar-refractivity contribution in [3.63, 3.8) is 0 Å². The van der Waals surface area contributed by atoms with Gasteiger partial charge in [0, 0.05) is 0 Å². The normalized spacial score (nSPS) is 0. The molecule has 0 aliphatic rings. The maximum absolute atomic E-state index is 0. The summed E-state index contributed by atoms with van der Waals surface area (Å²) in [7, 11) is 0. The van der Waals surface area contributed by atoms with Crippen LogP contribution < -0.4 is 0 Å². The fourth-order valence-corrected chi connectivity index (χ4v) is 0. The maximum atomic E-state index is 0. The summed E-state index contributed by atoms with van der Waals surface area (Å²) in [5.41, 5.74) is 0. The van der Waals surface area contributed by atoms with Crippen LogP contribution in [0.2, 0.25) is 0 Å². The van der Waals surface area contributed by atoms with Gasteiger partial charge in [-0.1, -0.05) is 0 Å². The second kappa shape index (κ2) is 16.6. The van der Waals surface area contributed by atoms with Crippen molar-refractivity contribution in [3.05, 3.63) is 0 Å². The van der Waals surface area contributed by atoms with Gasteiger partial charge in [-0.25, -0.2) is 0 Å². The number of rotatable bonds is 0. The van der Waals surface area contributed by atoms with Crippen molar-refractivity contribution in [1.29, 1.82) is 0 Å². The van der Waals surface area contributed by atoms with E-state index in [4.69, 9.17) is 0 Å². The molecule has 0 nitrogen and oxygen atoms in total. The summed E-state index contributed by atoms with van der Waals surface area (Å²) in [4.78, 5) is 0. The van der Waals surface area contributed by atoms with E-state index in [-0.39, 0.29) is 91.4 Å². The molecular weight excluding hydrogens is 537 g/mol. The molecule has 32 valence electrons. The monoisotopic (exact) mass is 550 g/mol. The van der Waals surface area contributed by atoms with Crippen LogP contribution in [0.15, 0.2) is 0 Å². The van der Waals surface area contributed by atoms with Gasteiger partial charge >= 0.3 is 91.4 Å². The van der Waals surface area contributed by atoms with E-state index in [9.17, 15) is 0 Å². The van der Waals surface area contributed by atoms with Crippen molar-refractivity contribution in [1.82, 2.24) is 0 Å². The molecule has 0 atom stereocenters. The van der Waals surface area contributed by atoms with Gasteiger partial charge in [0.25, 0.3) is 0 Å². The molecule has 0 bridgehead atoms. The fourth-order valence-electron chi connectivity index (χ4n) is 0. The molecule has 0 N–H and O–H groups in total. The Bertz CT molecular complexity index is 8.00. The summed E-state index contributed by atoms with van der Waals surface area (Å²) in [6, 6.07) is 0. The molecule has 0 heterocycles. The molecule has 0 saturated carbocycles. The number of hydrogen-bond donors (Lipinski definition) is 0. The molecule has 4 heteroatoms. The molecule has 0 amide bonds. The molecule has 0 saturated heterocycles. The molecule has 0 spiro atoms. The Morgan fingerprint density at radius 1 is 1.00 bits per heavy atom. The van der Waals surface area contributed by atoms with E-state index in [2.05, 4.69) is 0 Å². The molecule has 0 fully saturated rings. The molecule has 0 aromatic heterocycles. The van der Waals surface area contributed by atoms with Gasteiger partial charge in [-0.2, -0.15) is 0 Å². The van der Waals surface area contributed by atoms with Crippen LogP contribution in [0.25, 0.3) is 0 Å². The van der Waals surface area contributed by atoms with Crippen molar-refractivity contribution in [2.24, 2.45) is 0 Å². The Labute approximate surface area is 89.6 Å². The summed E-state index contributed by atoms with van der Waals surface area (Å²) in [6.45, 7) is 0. The van der Waals surface area contributed by atoms with Crippen LogP contribution in [0.3, 0.4) is 0 Å². The quantitative estimate of drug-likeness (QED) is 0.270. The Kier molecular flexibility index (Phi) is 116. The SMILES string of the molecule is [BiH3].[SbH3].[SeH2].[TeH2]. The first-order valence-electron chi connectivity index (χ1n) is 0. The molecular formula is H10BiSbSeTe. The van der Waals surface area contributed by atoms with Crippen LogP contribution in [0.1, 0.15) is 0 Å². The van der Waals surface area contributed by atoms with E-state index in [1.165, 1.54) is 0 Å². The van der Waals surface area contributed by atoms with Crippen LogP contribution in [0.4, 0.5) is 0 Å². The molecule has 4 heavy (non-hydrogen) atoms. The van der Waals surface area contributed by atoms with Crippen molar-refractivity contribution in [2.75, 3.05) is 0 Å². The Morgan fingerprint density at radius 3 is 1.00 bits per heavy atom. The van der Waals surface area contributed by atoms with E-state index >= 15 is 0 Å². The average molecular weight is 547 g/mol. The van der Waals surface area contributed by atoms with E-state index in [1.54, 1.807) is 0 Å². The average Bonchev–Trinajstić information content (AvgIpc) is 0. The fraction of sp³-hybridized carbons (Fsp3) is 0. The first-order valence-corrected chi connectivity index (χ1v) is 0. The second-order valence-electron chi connectivity index (χ2n) is 0. The summed E-state index contributed by atoms with van der Waals surface area (Å²) < 4.78 is 0. The minimum absolute atomic E-state index is 0. The van der Waals surface area contributed by atoms with Gasteiger partial charge in [0.15, 0.2) is 0 Å². The predicted molar refractivity (Wildman–Crippen MR) is 37.0 cm³/mol. The first-order chi connectivity index (χ1) is 0. The summed E-state index contributed by atoms with van der Waals surface area (Å²) in [6.07, 6.45) is 0.